The molecular weight excluding hydrogens is 188 g/mol. The van der Waals surface area contributed by atoms with Crippen molar-refractivity contribution in [3.05, 3.63) is 12.2 Å². The second kappa shape index (κ2) is 2.81. The summed E-state index contributed by atoms with van der Waals surface area (Å²) >= 11 is 0. The van der Waals surface area contributed by atoms with Crippen molar-refractivity contribution in [2.24, 2.45) is 17.3 Å². The largest absolute Gasteiger partial charge is 0.299 e. The van der Waals surface area contributed by atoms with Crippen LogP contribution < -0.4 is 0 Å². The van der Waals surface area contributed by atoms with Gasteiger partial charge in [0.2, 0.25) is 0 Å². The molecule has 0 radical (unpaired) electrons. The normalized spacial score (nSPS) is 44.4. The number of rotatable bonds is 0. The van der Waals surface area contributed by atoms with Crippen LogP contribution in [-0.2, 0) is 9.59 Å². The fourth-order valence-electron chi connectivity index (χ4n) is 3.94. The standard InChI is InChI=1S/C13H16O2/c1-8-6-13-7-9(8)5-11(14)10(13)3-2-4-12(13)15/h9-10H,1-7H2/t9?,10?,13-/m0/s1. The van der Waals surface area contributed by atoms with Crippen LogP contribution in [0.4, 0.5) is 0 Å². The molecule has 0 aliphatic heterocycles. The highest BCUT2D eigenvalue weighted by molar-refractivity contribution is 5.96. The van der Waals surface area contributed by atoms with Gasteiger partial charge in [0.05, 0.1) is 0 Å². The van der Waals surface area contributed by atoms with Crippen molar-refractivity contribution in [2.45, 2.75) is 38.5 Å². The van der Waals surface area contributed by atoms with E-state index in [0.29, 0.717) is 30.3 Å². The van der Waals surface area contributed by atoms with Gasteiger partial charge in [-0.05, 0) is 31.6 Å². The first-order valence-corrected chi connectivity index (χ1v) is 5.87. The molecule has 0 saturated heterocycles. The smallest absolute Gasteiger partial charge is 0.140 e. The highest BCUT2D eigenvalue weighted by atomic mass is 16.1. The van der Waals surface area contributed by atoms with E-state index in [0.717, 1.165) is 31.3 Å². The van der Waals surface area contributed by atoms with Crippen LogP contribution in [0.5, 0.6) is 0 Å². The Labute approximate surface area is 89.7 Å². The minimum absolute atomic E-state index is 0.0363. The van der Waals surface area contributed by atoms with Crippen molar-refractivity contribution in [2.75, 3.05) is 0 Å². The molecule has 0 heterocycles. The second-order valence-electron chi connectivity index (χ2n) is 5.43. The van der Waals surface area contributed by atoms with Crippen molar-refractivity contribution < 1.29 is 9.59 Å². The lowest BCUT2D eigenvalue weighted by Crippen LogP contribution is -2.46. The minimum Gasteiger partial charge on any atom is -0.299 e. The van der Waals surface area contributed by atoms with E-state index in [9.17, 15) is 9.59 Å². The summed E-state index contributed by atoms with van der Waals surface area (Å²) in [6.45, 7) is 4.05. The molecule has 80 valence electrons. The van der Waals surface area contributed by atoms with Gasteiger partial charge in [-0.1, -0.05) is 12.2 Å². The average Bonchev–Trinajstić information content (AvgIpc) is 2.45. The SMILES string of the molecule is C=C1C[C@]23CC1CC(=O)C2CCCC3=O. The van der Waals surface area contributed by atoms with E-state index in [2.05, 4.69) is 6.58 Å². The van der Waals surface area contributed by atoms with E-state index in [1.807, 2.05) is 0 Å². The maximum Gasteiger partial charge on any atom is 0.140 e. The van der Waals surface area contributed by atoms with Crippen LogP contribution in [0.2, 0.25) is 0 Å². The van der Waals surface area contributed by atoms with Crippen LogP contribution >= 0.6 is 0 Å². The van der Waals surface area contributed by atoms with Gasteiger partial charge in [0, 0.05) is 24.2 Å². The summed E-state index contributed by atoms with van der Waals surface area (Å²) in [6.07, 6.45) is 4.90. The molecule has 3 fully saturated rings. The number of hydrogen-bond donors (Lipinski definition) is 0. The Morgan fingerprint density at radius 3 is 2.93 bits per heavy atom. The average molecular weight is 204 g/mol. The third-order valence-corrected chi connectivity index (χ3v) is 4.69. The molecule has 2 nitrogen and oxygen atoms in total. The van der Waals surface area contributed by atoms with Gasteiger partial charge in [0.1, 0.15) is 11.6 Å². The molecule has 2 bridgehead atoms. The number of carbonyl (C=O) groups is 2. The van der Waals surface area contributed by atoms with Gasteiger partial charge in [-0.15, -0.1) is 0 Å². The Morgan fingerprint density at radius 1 is 1.33 bits per heavy atom. The lowest BCUT2D eigenvalue weighted by molar-refractivity contribution is -0.146. The van der Waals surface area contributed by atoms with Crippen LogP contribution in [0.15, 0.2) is 12.2 Å². The van der Waals surface area contributed by atoms with E-state index < -0.39 is 0 Å². The summed E-state index contributed by atoms with van der Waals surface area (Å²) in [4.78, 5) is 24.1. The van der Waals surface area contributed by atoms with E-state index in [1.165, 1.54) is 0 Å². The van der Waals surface area contributed by atoms with E-state index >= 15 is 0 Å². The Bertz CT molecular complexity index is 369. The highest BCUT2D eigenvalue weighted by Crippen LogP contribution is 2.59. The quantitative estimate of drug-likeness (QED) is 0.567. The molecule has 0 aromatic rings. The maximum absolute atomic E-state index is 12.1. The molecular formula is C13H16O2. The Hall–Kier alpha value is -0.920. The van der Waals surface area contributed by atoms with E-state index in [-0.39, 0.29) is 11.3 Å². The van der Waals surface area contributed by atoms with E-state index in [4.69, 9.17) is 0 Å². The molecule has 2 unspecified atom stereocenters. The summed E-state index contributed by atoms with van der Waals surface area (Å²) in [6, 6.07) is 0. The van der Waals surface area contributed by atoms with Gasteiger partial charge in [-0.25, -0.2) is 0 Å². The molecule has 3 saturated carbocycles. The van der Waals surface area contributed by atoms with Crippen LogP contribution in [0, 0.1) is 17.3 Å². The topological polar surface area (TPSA) is 34.1 Å². The fraction of sp³-hybridized carbons (Fsp3) is 0.692. The van der Waals surface area contributed by atoms with Gasteiger partial charge < -0.3 is 0 Å². The van der Waals surface area contributed by atoms with Gasteiger partial charge in [-0.2, -0.15) is 0 Å². The third kappa shape index (κ3) is 1.05. The van der Waals surface area contributed by atoms with Crippen LogP contribution in [0.1, 0.15) is 38.5 Å². The molecule has 0 amide bonds. The van der Waals surface area contributed by atoms with Gasteiger partial charge in [0.25, 0.3) is 0 Å². The number of carbonyl (C=O) groups excluding carboxylic acids is 2. The van der Waals surface area contributed by atoms with Gasteiger partial charge >= 0.3 is 0 Å². The number of hydrogen-bond acceptors (Lipinski definition) is 2. The molecule has 2 heteroatoms. The first-order chi connectivity index (χ1) is 7.13. The lowest BCUT2D eigenvalue weighted by Gasteiger charge is -2.41. The predicted octanol–water partition coefficient (Wildman–Crippen LogP) is 2.28. The zero-order chi connectivity index (χ0) is 10.6. The van der Waals surface area contributed by atoms with Crippen LogP contribution in [0.25, 0.3) is 0 Å². The maximum atomic E-state index is 12.1. The Balaban J connectivity index is 2.08. The monoisotopic (exact) mass is 204 g/mol. The van der Waals surface area contributed by atoms with Crippen molar-refractivity contribution in [1.29, 1.82) is 0 Å². The molecule has 15 heavy (non-hydrogen) atoms. The first-order valence-electron chi connectivity index (χ1n) is 5.87. The van der Waals surface area contributed by atoms with Gasteiger partial charge in [-0.3, -0.25) is 9.59 Å². The summed E-state index contributed by atoms with van der Waals surface area (Å²) < 4.78 is 0. The molecule has 3 rings (SSSR count). The Morgan fingerprint density at radius 2 is 2.13 bits per heavy atom. The molecule has 0 aromatic heterocycles. The molecule has 3 atom stereocenters. The van der Waals surface area contributed by atoms with E-state index in [1.54, 1.807) is 0 Å². The third-order valence-electron chi connectivity index (χ3n) is 4.69. The fourth-order valence-corrected chi connectivity index (χ4v) is 3.94. The second-order valence-corrected chi connectivity index (χ2v) is 5.43. The number of ketones is 2. The number of allylic oxidation sites excluding steroid dienone is 1. The molecule has 0 N–H and O–H groups in total. The zero-order valence-electron chi connectivity index (χ0n) is 8.92. The first kappa shape index (κ1) is 9.32. The van der Waals surface area contributed by atoms with Crippen molar-refractivity contribution in [3.63, 3.8) is 0 Å². The van der Waals surface area contributed by atoms with Crippen LogP contribution in [0.3, 0.4) is 0 Å². The van der Waals surface area contributed by atoms with Crippen LogP contribution in [-0.4, -0.2) is 11.6 Å². The molecule has 1 spiro atoms. The summed E-state index contributed by atoms with van der Waals surface area (Å²) in [5.74, 6) is 1.03. The lowest BCUT2D eigenvalue weighted by atomic mass is 9.59. The summed E-state index contributed by atoms with van der Waals surface area (Å²) in [5.41, 5.74) is 0.858. The van der Waals surface area contributed by atoms with Crippen molar-refractivity contribution in [1.82, 2.24) is 0 Å². The van der Waals surface area contributed by atoms with Gasteiger partial charge in [0.15, 0.2) is 0 Å². The number of fused-ring (bicyclic) bond motifs is 1. The summed E-state index contributed by atoms with van der Waals surface area (Å²) in [5, 5.41) is 0. The predicted molar refractivity (Wildman–Crippen MR) is 56.3 cm³/mol. The number of Topliss-reactive ketones (excluding diaryl/α,β-unsaturated/α-hetero) is 2. The zero-order valence-corrected chi connectivity index (χ0v) is 8.92. The summed E-state index contributed by atoms with van der Waals surface area (Å²) in [7, 11) is 0. The van der Waals surface area contributed by atoms with Crippen molar-refractivity contribution >= 4 is 11.6 Å². The highest BCUT2D eigenvalue weighted by Gasteiger charge is 2.58. The minimum atomic E-state index is -0.296. The van der Waals surface area contributed by atoms with Crippen molar-refractivity contribution in [3.8, 4) is 0 Å². The Kier molecular flexibility index (Phi) is 1.74. The molecule has 3 aliphatic rings. The molecule has 3 aliphatic carbocycles. The molecule has 0 aromatic carbocycles.